The molecule has 0 aliphatic carbocycles. The zero-order valence-corrected chi connectivity index (χ0v) is 40.0. The lowest BCUT2D eigenvalue weighted by molar-refractivity contribution is -0.193. The van der Waals surface area contributed by atoms with Crippen LogP contribution in [0.15, 0.2) is 132 Å². The van der Waals surface area contributed by atoms with Crippen LogP contribution >= 0.6 is 0 Å². The number of carbonyl (C=O) groups excluding carboxylic acids is 3. The highest BCUT2D eigenvalue weighted by Gasteiger charge is 2.39. The number of phenols is 1. The molecule has 1 fully saturated rings. The summed E-state index contributed by atoms with van der Waals surface area (Å²) in [7, 11) is 1.71. The number of H-pyrrole nitrogens is 1. The number of rotatable bonds is 15. The van der Waals surface area contributed by atoms with E-state index in [1.807, 2.05) is 78.9 Å². The molecule has 7 rings (SSSR count). The van der Waals surface area contributed by atoms with Crippen LogP contribution in [0.1, 0.15) is 46.9 Å². The third-order valence-corrected chi connectivity index (χ3v) is 11.4. The molecule has 1 aliphatic heterocycles. The standard InChI is InChI=1S/C48H50N6O7.2C2HF3O2/c1-53(45(58)24-28-54-26-22-37(23-27-54)61-48(60)51-41-16-6-5-15-38(41)33-10-3-2-4-11-33)36-14-8-12-34(30-36)47(59)50-35-13-7-9-32(29-35)21-25-49-31-43(56)39-17-19-42(55)46-40(39)18-20-44(57)52-46;2*3-2(4,5)1(6)7/h2-20,29-30,37,43,49,55-56H,21-28,31H2,1H3,(H,50,59)(H,51,60)(H,52,57);2*(H,6,7)/t43-;;/m0../s1. The number of likely N-dealkylation sites (tertiary alicyclic amines) is 1. The maximum absolute atomic E-state index is 13.3. The number of pyridine rings is 1. The Labute approximate surface area is 424 Å². The van der Waals surface area contributed by atoms with Gasteiger partial charge in [-0.3, -0.25) is 19.7 Å². The van der Waals surface area contributed by atoms with Crippen molar-refractivity contribution >= 4 is 57.8 Å². The predicted molar refractivity (Wildman–Crippen MR) is 265 cm³/mol. The molecule has 1 atom stereocenters. The lowest BCUT2D eigenvalue weighted by Crippen LogP contribution is -2.40. The first-order valence-corrected chi connectivity index (χ1v) is 23.0. The van der Waals surface area contributed by atoms with Crippen molar-refractivity contribution in [2.75, 3.05) is 55.3 Å². The number of nitrogens with one attached hydrogen (secondary N) is 4. The summed E-state index contributed by atoms with van der Waals surface area (Å²) in [4.78, 5) is 75.4. The number of benzene rings is 5. The largest absolute Gasteiger partial charge is 0.506 e. The summed E-state index contributed by atoms with van der Waals surface area (Å²) in [6.45, 7) is 2.79. The molecule has 5 aromatic carbocycles. The predicted octanol–water partition coefficient (Wildman–Crippen LogP) is 8.35. The molecule has 0 radical (unpaired) electrons. The first kappa shape index (κ1) is 57.6. The molecule has 1 saturated heterocycles. The minimum absolute atomic E-state index is 0.0621. The number of piperidine rings is 1. The molecule has 17 nitrogen and oxygen atoms in total. The Hall–Kier alpha value is -8.28. The van der Waals surface area contributed by atoms with Crippen LogP contribution in [0.4, 0.5) is 48.2 Å². The number of halogens is 6. The number of anilines is 3. The number of amides is 3. The fraction of sp³-hybridized carbons (Fsp3) is 0.269. The van der Waals surface area contributed by atoms with Gasteiger partial charge in [0.2, 0.25) is 11.5 Å². The topological polar surface area (TPSA) is 251 Å². The summed E-state index contributed by atoms with van der Waals surface area (Å²) in [6, 6.07) is 38.1. The number of aliphatic carboxylic acids is 2. The summed E-state index contributed by atoms with van der Waals surface area (Å²) >= 11 is 0. The third kappa shape index (κ3) is 17.7. The minimum atomic E-state index is -5.08. The van der Waals surface area contributed by atoms with Crippen molar-refractivity contribution in [2.45, 2.75) is 50.2 Å². The van der Waals surface area contributed by atoms with Crippen LogP contribution in [0.3, 0.4) is 0 Å². The molecular weight excluding hydrogens is 999 g/mol. The molecule has 2 heterocycles. The van der Waals surface area contributed by atoms with Gasteiger partial charge >= 0.3 is 30.4 Å². The van der Waals surface area contributed by atoms with E-state index in [4.69, 9.17) is 24.5 Å². The average molecular weight is 1050 g/mol. The number of aromatic amines is 1. The van der Waals surface area contributed by atoms with E-state index in [9.17, 15) is 55.7 Å². The Morgan fingerprint density at radius 3 is 2.09 bits per heavy atom. The van der Waals surface area contributed by atoms with Gasteiger partial charge in [0.15, 0.2) is 0 Å². The van der Waals surface area contributed by atoms with Crippen LogP contribution in [-0.4, -0.2) is 118 Å². The van der Waals surface area contributed by atoms with E-state index >= 15 is 0 Å². The number of phenolic OH excluding ortho intramolecular Hbond substituents is 1. The number of fused-ring (bicyclic) bond motifs is 1. The number of carboxylic acids is 2. The molecule has 1 aliphatic rings. The first-order chi connectivity index (χ1) is 35.5. The van der Waals surface area contributed by atoms with Gasteiger partial charge in [-0.05, 0) is 91.0 Å². The van der Waals surface area contributed by atoms with E-state index in [1.165, 1.54) is 12.1 Å². The highest BCUT2D eigenvalue weighted by Crippen LogP contribution is 2.30. The number of aromatic hydroxyl groups is 1. The Balaban J connectivity index is 0.000000653. The second-order valence-corrected chi connectivity index (χ2v) is 16.8. The number of aromatic nitrogens is 1. The fourth-order valence-electron chi connectivity index (χ4n) is 7.56. The number of carbonyl (C=O) groups is 5. The zero-order valence-electron chi connectivity index (χ0n) is 40.0. The Kier molecular flexibility index (Phi) is 20.4. The molecule has 1 aromatic heterocycles. The summed E-state index contributed by atoms with van der Waals surface area (Å²) in [5.41, 5.74) is 5.79. The SMILES string of the molecule is CN(C(=O)CCN1CCC(OC(=O)Nc2ccccc2-c2ccccc2)CC1)c1cccc(C(=O)Nc2cccc(CCNC[C@H](O)c3ccc(O)c4[nH]c(=O)ccc34)c2)c1.O=C(O)C(F)(F)F.O=C(O)C(F)(F)F. The van der Waals surface area contributed by atoms with Gasteiger partial charge in [-0.1, -0.05) is 72.8 Å². The van der Waals surface area contributed by atoms with E-state index in [0.29, 0.717) is 85.4 Å². The molecule has 23 heteroatoms. The highest BCUT2D eigenvalue weighted by atomic mass is 19.4. The number of ether oxygens (including phenoxy) is 1. The molecule has 75 heavy (non-hydrogen) atoms. The fourth-order valence-corrected chi connectivity index (χ4v) is 7.56. The molecule has 0 saturated carbocycles. The molecule has 0 unspecified atom stereocenters. The number of nitrogens with zero attached hydrogens (tertiary/aromatic N) is 2. The number of para-hydroxylation sites is 1. The molecule has 0 spiro atoms. The second kappa shape index (κ2) is 26.6. The van der Waals surface area contributed by atoms with Crippen LogP contribution in [0.2, 0.25) is 0 Å². The van der Waals surface area contributed by atoms with E-state index < -0.39 is 36.5 Å². The number of aliphatic hydroxyl groups is 1. The molecular formula is C52H52F6N6O11. The van der Waals surface area contributed by atoms with Crippen molar-refractivity contribution in [3.8, 4) is 16.9 Å². The number of hydrogen-bond acceptors (Lipinski definition) is 11. The number of aliphatic hydroxyl groups excluding tert-OH is 1. The molecule has 8 N–H and O–H groups in total. The van der Waals surface area contributed by atoms with Gasteiger partial charge in [0.25, 0.3) is 5.91 Å². The molecule has 6 aromatic rings. The van der Waals surface area contributed by atoms with Crippen LogP contribution in [0.25, 0.3) is 22.0 Å². The lowest BCUT2D eigenvalue weighted by atomic mass is 10.0. The van der Waals surface area contributed by atoms with Gasteiger partial charge in [-0.2, -0.15) is 26.3 Å². The highest BCUT2D eigenvalue weighted by molar-refractivity contribution is 6.05. The molecule has 398 valence electrons. The number of alkyl halides is 6. The van der Waals surface area contributed by atoms with Crippen LogP contribution in [0, 0.1) is 0 Å². The quantitative estimate of drug-likeness (QED) is 0.0356. The van der Waals surface area contributed by atoms with E-state index in [-0.39, 0.29) is 41.3 Å². The Morgan fingerprint density at radius 2 is 1.43 bits per heavy atom. The van der Waals surface area contributed by atoms with Crippen molar-refractivity contribution in [2.24, 2.45) is 0 Å². The molecule has 3 amide bonds. The monoisotopic (exact) mass is 1050 g/mol. The zero-order chi connectivity index (χ0) is 54.9. The third-order valence-electron chi connectivity index (χ3n) is 11.4. The second-order valence-electron chi connectivity index (χ2n) is 16.8. The number of carboxylic acid groups (broad SMARTS) is 2. The lowest BCUT2D eigenvalue weighted by Gasteiger charge is -2.31. The van der Waals surface area contributed by atoms with Gasteiger partial charge in [0.1, 0.15) is 11.9 Å². The van der Waals surface area contributed by atoms with Crippen molar-refractivity contribution < 1.29 is 75.5 Å². The van der Waals surface area contributed by atoms with Gasteiger partial charge in [0, 0.05) is 73.6 Å². The summed E-state index contributed by atoms with van der Waals surface area (Å²) < 4.78 is 69.2. The van der Waals surface area contributed by atoms with Crippen LogP contribution in [0.5, 0.6) is 5.75 Å². The van der Waals surface area contributed by atoms with Crippen molar-refractivity contribution in [3.63, 3.8) is 0 Å². The van der Waals surface area contributed by atoms with Gasteiger partial charge in [-0.15, -0.1) is 0 Å². The van der Waals surface area contributed by atoms with Crippen molar-refractivity contribution in [1.29, 1.82) is 0 Å². The molecule has 0 bridgehead atoms. The van der Waals surface area contributed by atoms with Crippen LogP contribution < -0.4 is 26.4 Å². The summed E-state index contributed by atoms with van der Waals surface area (Å²) in [6.07, 6.45) is -9.46. The maximum Gasteiger partial charge on any atom is 0.490 e. The van der Waals surface area contributed by atoms with E-state index in [2.05, 4.69) is 25.8 Å². The number of hydrogen-bond donors (Lipinski definition) is 8. The van der Waals surface area contributed by atoms with E-state index in [0.717, 1.165) is 16.7 Å². The minimum Gasteiger partial charge on any atom is -0.506 e. The van der Waals surface area contributed by atoms with Crippen LogP contribution in [-0.2, 0) is 25.5 Å². The Morgan fingerprint density at radius 1 is 0.787 bits per heavy atom. The summed E-state index contributed by atoms with van der Waals surface area (Å²) in [5.74, 6) is -5.95. The van der Waals surface area contributed by atoms with Gasteiger partial charge in [0.05, 0.1) is 17.3 Å². The van der Waals surface area contributed by atoms with Gasteiger partial charge < -0.3 is 50.6 Å². The summed E-state index contributed by atoms with van der Waals surface area (Å²) in [5, 5.41) is 45.0. The average Bonchev–Trinajstić information content (AvgIpc) is 3.37. The van der Waals surface area contributed by atoms with Gasteiger partial charge in [-0.25, -0.2) is 14.4 Å². The van der Waals surface area contributed by atoms with E-state index in [1.54, 1.807) is 48.3 Å². The van der Waals surface area contributed by atoms with Crippen molar-refractivity contribution in [1.82, 2.24) is 15.2 Å². The smallest absolute Gasteiger partial charge is 0.490 e. The van der Waals surface area contributed by atoms with Crippen molar-refractivity contribution in [3.05, 3.63) is 154 Å². The maximum atomic E-state index is 13.3. The Bertz CT molecular complexity index is 2960. The normalized spacial score (nSPS) is 13.2. The first-order valence-electron chi connectivity index (χ1n) is 23.0.